The smallest absolute Gasteiger partial charge is 0.251 e. The van der Waals surface area contributed by atoms with Crippen LogP contribution in [-0.2, 0) is 6.54 Å². The molecule has 0 spiro atoms. The van der Waals surface area contributed by atoms with Crippen molar-refractivity contribution in [2.24, 2.45) is 0 Å². The van der Waals surface area contributed by atoms with Gasteiger partial charge in [0, 0.05) is 11.1 Å². The zero-order chi connectivity index (χ0) is 17.6. The summed E-state index contributed by atoms with van der Waals surface area (Å²) in [5, 5.41) is 6.75. The summed E-state index contributed by atoms with van der Waals surface area (Å²) in [5.74, 6) is 1.40. The lowest BCUT2D eigenvalue weighted by Crippen LogP contribution is -2.22. The van der Waals surface area contributed by atoms with Gasteiger partial charge in [-0.15, -0.1) is 0 Å². The average Bonchev–Trinajstić information content (AvgIpc) is 3.10. The first-order valence-corrected chi connectivity index (χ1v) is 8.07. The second-order valence-electron chi connectivity index (χ2n) is 5.47. The third kappa shape index (κ3) is 4.03. The second-order valence-corrected chi connectivity index (χ2v) is 5.47. The summed E-state index contributed by atoms with van der Waals surface area (Å²) < 4.78 is 10.6. The number of hydrogen-bond donors (Lipinski definition) is 1. The van der Waals surface area contributed by atoms with Crippen LogP contribution in [0.4, 0.5) is 0 Å². The number of aryl methyl sites for hydroxylation is 1. The van der Waals surface area contributed by atoms with E-state index in [2.05, 4.69) is 15.5 Å². The molecule has 128 valence electrons. The molecule has 0 bridgehead atoms. The third-order valence-corrected chi connectivity index (χ3v) is 3.68. The quantitative estimate of drug-likeness (QED) is 0.746. The molecule has 1 heterocycles. The molecule has 3 aromatic rings. The number of benzene rings is 2. The van der Waals surface area contributed by atoms with Crippen molar-refractivity contribution in [3.63, 3.8) is 0 Å². The molecule has 0 fully saturated rings. The van der Waals surface area contributed by atoms with Crippen molar-refractivity contribution in [1.29, 1.82) is 0 Å². The Morgan fingerprint density at radius 3 is 2.64 bits per heavy atom. The van der Waals surface area contributed by atoms with Crippen LogP contribution in [0.25, 0.3) is 11.4 Å². The number of ether oxygens (including phenoxy) is 1. The highest BCUT2D eigenvalue weighted by molar-refractivity contribution is 5.94. The molecule has 0 radical (unpaired) electrons. The van der Waals surface area contributed by atoms with Crippen LogP contribution in [0.15, 0.2) is 53.1 Å². The molecule has 0 aliphatic carbocycles. The summed E-state index contributed by atoms with van der Waals surface area (Å²) in [7, 11) is 0. The van der Waals surface area contributed by atoms with Crippen molar-refractivity contribution in [3.05, 3.63) is 65.5 Å². The maximum atomic E-state index is 12.2. The molecule has 2 aromatic carbocycles. The molecule has 0 aliphatic heterocycles. The molecular weight excluding hydrogens is 318 g/mol. The van der Waals surface area contributed by atoms with Crippen LogP contribution in [-0.4, -0.2) is 22.7 Å². The number of nitrogens with one attached hydrogen (secondary N) is 1. The topological polar surface area (TPSA) is 77.2 Å². The lowest BCUT2D eigenvalue weighted by molar-refractivity contribution is 0.0946. The number of carbonyl (C=O) groups excluding carboxylic acids is 1. The Morgan fingerprint density at radius 1 is 1.16 bits per heavy atom. The molecule has 1 aromatic heterocycles. The van der Waals surface area contributed by atoms with Crippen LogP contribution < -0.4 is 10.1 Å². The molecule has 0 saturated carbocycles. The van der Waals surface area contributed by atoms with Gasteiger partial charge in [-0.3, -0.25) is 4.79 Å². The van der Waals surface area contributed by atoms with E-state index in [1.54, 1.807) is 24.3 Å². The van der Waals surface area contributed by atoms with Crippen molar-refractivity contribution >= 4 is 5.91 Å². The first-order chi connectivity index (χ1) is 12.2. The molecule has 0 saturated heterocycles. The molecule has 3 rings (SSSR count). The van der Waals surface area contributed by atoms with Crippen molar-refractivity contribution in [1.82, 2.24) is 15.5 Å². The summed E-state index contributed by atoms with van der Waals surface area (Å²) in [6.07, 6.45) is 0. The molecule has 6 nitrogen and oxygen atoms in total. The highest BCUT2D eigenvalue weighted by atomic mass is 16.5. The van der Waals surface area contributed by atoms with E-state index in [9.17, 15) is 4.79 Å². The van der Waals surface area contributed by atoms with Crippen LogP contribution in [0, 0.1) is 6.92 Å². The number of rotatable bonds is 6. The van der Waals surface area contributed by atoms with Gasteiger partial charge < -0.3 is 14.6 Å². The molecule has 6 heteroatoms. The molecule has 0 aliphatic rings. The zero-order valence-electron chi connectivity index (χ0n) is 14.2. The molecular formula is C19H19N3O3. The number of aromatic nitrogens is 2. The van der Waals surface area contributed by atoms with Crippen LogP contribution >= 0.6 is 0 Å². The Morgan fingerprint density at radius 2 is 1.92 bits per heavy atom. The minimum atomic E-state index is -0.210. The molecule has 25 heavy (non-hydrogen) atoms. The van der Waals surface area contributed by atoms with Gasteiger partial charge in [-0.25, -0.2) is 0 Å². The van der Waals surface area contributed by atoms with Crippen LogP contribution in [0.1, 0.15) is 28.7 Å². The van der Waals surface area contributed by atoms with E-state index in [1.807, 2.05) is 38.1 Å². The summed E-state index contributed by atoms with van der Waals surface area (Å²) >= 11 is 0. The van der Waals surface area contributed by atoms with E-state index in [-0.39, 0.29) is 12.5 Å². The standard InChI is InChI=1S/C19H19N3O3/c1-3-24-15-10-8-14(9-11-15)19(23)20-12-17-21-18(22-25-17)16-7-5-4-6-13(16)2/h4-11H,3,12H2,1-2H3,(H,20,23). The Bertz CT molecular complexity index is 856. The minimum absolute atomic E-state index is 0.172. The largest absolute Gasteiger partial charge is 0.494 e. The Balaban J connectivity index is 1.62. The van der Waals surface area contributed by atoms with Gasteiger partial charge in [0.15, 0.2) is 0 Å². The lowest BCUT2D eigenvalue weighted by Gasteiger charge is -2.05. The van der Waals surface area contributed by atoms with Crippen LogP contribution in [0.2, 0.25) is 0 Å². The molecule has 1 amide bonds. The summed E-state index contributed by atoms with van der Waals surface area (Å²) in [4.78, 5) is 16.5. The van der Waals surface area contributed by atoms with Crippen molar-refractivity contribution in [2.75, 3.05) is 6.61 Å². The van der Waals surface area contributed by atoms with Gasteiger partial charge in [-0.05, 0) is 43.7 Å². The highest BCUT2D eigenvalue weighted by Gasteiger charge is 2.12. The first-order valence-electron chi connectivity index (χ1n) is 8.07. The van der Waals surface area contributed by atoms with Gasteiger partial charge in [0.1, 0.15) is 5.75 Å². The number of nitrogens with zero attached hydrogens (tertiary/aromatic N) is 2. The molecule has 1 N–H and O–H groups in total. The number of carbonyl (C=O) groups is 1. The van der Waals surface area contributed by atoms with E-state index in [1.165, 1.54) is 0 Å². The van der Waals surface area contributed by atoms with Crippen LogP contribution in [0.5, 0.6) is 5.75 Å². The van der Waals surface area contributed by atoms with E-state index in [0.717, 1.165) is 16.9 Å². The van der Waals surface area contributed by atoms with Crippen LogP contribution in [0.3, 0.4) is 0 Å². The third-order valence-electron chi connectivity index (χ3n) is 3.68. The fourth-order valence-electron chi connectivity index (χ4n) is 2.39. The average molecular weight is 337 g/mol. The first kappa shape index (κ1) is 16.7. The number of amides is 1. The minimum Gasteiger partial charge on any atom is -0.494 e. The summed E-state index contributed by atoms with van der Waals surface area (Å²) in [6.45, 7) is 4.66. The van der Waals surface area contributed by atoms with Gasteiger partial charge >= 0.3 is 0 Å². The number of hydrogen-bond acceptors (Lipinski definition) is 5. The zero-order valence-corrected chi connectivity index (χ0v) is 14.2. The van der Waals surface area contributed by atoms with E-state index in [0.29, 0.717) is 23.9 Å². The maximum absolute atomic E-state index is 12.2. The predicted molar refractivity (Wildman–Crippen MR) is 93.3 cm³/mol. The summed E-state index contributed by atoms with van der Waals surface area (Å²) in [6, 6.07) is 14.8. The second kappa shape index (κ2) is 7.61. The van der Waals surface area contributed by atoms with Crippen molar-refractivity contribution < 1.29 is 14.1 Å². The fourth-order valence-corrected chi connectivity index (χ4v) is 2.39. The predicted octanol–water partition coefficient (Wildman–Crippen LogP) is 3.37. The normalized spacial score (nSPS) is 10.5. The Labute approximate surface area is 145 Å². The lowest BCUT2D eigenvalue weighted by atomic mass is 10.1. The van der Waals surface area contributed by atoms with E-state index < -0.39 is 0 Å². The summed E-state index contributed by atoms with van der Waals surface area (Å²) in [5.41, 5.74) is 2.52. The van der Waals surface area contributed by atoms with Gasteiger partial charge in [0.25, 0.3) is 5.91 Å². The van der Waals surface area contributed by atoms with E-state index >= 15 is 0 Å². The Kier molecular flexibility index (Phi) is 5.09. The van der Waals surface area contributed by atoms with Gasteiger partial charge in [0.2, 0.25) is 11.7 Å². The van der Waals surface area contributed by atoms with Gasteiger partial charge in [-0.2, -0.15) is 4.98 Å². The molecule has 0 atom stereocenters. The van der Waals surface area contributed by atoms with Crippen molar-refractivity contribution in [2.45, 2.75) is 20.4 Å². The van der Waals surface area contributed by atoms with E-state index in [4.69, 9.17) is 9.26 Å². The monoisotopic (exact) mass is 337 g/mol. The SMILES string of the molecule is CCOc1ccc(C(=O)NCc2nc(-c3ccccc3C)no2)cc1. The molecule has 0 unspecified atom stereocenters. The van der Waals surface area contributed by atoms with Gasteiger partial charge in [0.05, 0.1) is 13.2 Å². The maximum Gasteiger partial charge on any atom is 0.251 e. The Hall–Kier alpha value is -3.15. The van der Waals surface area contributed by atoms with Gasteiger partial charge in [-0.1, -0.05) is 29.4 Å². The highest BCUT2D eigenvalue weighted by Crippen LogP contribution is 2.19. The van der Waals surface area contributed by atoms with Crippen molar-refractivity contribution in [3.8, 4) is 17.1 Å². The fraction of sp³-hybridized carbons (Fsp3) is 0.211.